The fourth-order valence-corrected chi connectivity index (χ4v) is 2.47. The third kappa shape index (κ3) is 4.46. The Hall–Kier alpha value is -0.610. The SMILES string of the molecule is CCC1NC(CC(C)C)N(CCN(C)C(C)C)C1=O. The second-order valence-electron chi connectivity index (χ2n) is 6.38. The predicted molar refractivity (Wildman–Crippen MR) is 79.9 cm³/mol. The lowest BCUT2D eigenvalue weighted by molar-refractivity contribution is -0.130. The van der Waals surface area contributed by atoms with Crippen molar-refractivity contribution in [3.8, 4) is 0 Å². The average Bonchev–Trinajstić information content (AvgIpc) is 2.61. The minimum absolute atomic E-state index is 0.0214. The molecule has 1 saturated heterocycles. The molecular formula is C15H31N3O. The zero-order chi connectivity index (χ0) is 14.6. The number of hydrogen-bond donors (Lipinski definition) is 1. The smallest absolute Gasteiger partial charge is 0.241 e. The van der Waals surface area contributed by atoms with Crippen LogP contribution in [0.4, 0.5) is 0 Å². The summed E-state index contributed by atoms with van der Waals surface area (Å²) >= 11 is 0. The van der Waals surface area contributed by atoms with Gasteiger partial charge in [0.15, 0.2) is 0 Å². The van der Waals surface area contributed by atoms with Crippen molar-refractivity contribution in [3.63, 3.8) is 0 Å². The van der Waals surface area contributed by atoms with Crippen LogP contribution in [0, 0.1) is 5.92 Å². The normalized spacial score (nSPS) is 24.3. The molecule has 0 spiro atoms. The quantitative estimate of drug-likeness (QED) is 0.767. The molecule has 1 aliphatic heterocycles. The summed E-state index contributed by atoms with van der Waals surface area (Å²) in [5.74, 6) is 0.886. The van der Waals surface area contributed by atoms with E-state index in [4.69, 9.17) is 0 Å². The summed E-state index contributed by atoms with van der Waals surface area (Å²) in [6, 6.07) is 0.546. The van der Waals surface area contributed by atoms with Gasteiger partial charge >= 0.3 is 0 Å². The molecule has 112 valence electrons. The Morgan fingerprint density at radius 2 is 1.95 bits per heavy atom. The molecule has 1 aliphatic rings. The Kier molecular flexibility index (Phi) is 6.27. The van der Waals surface area contributed by atoms with Crippen molar-refractivity contribution in [3.05, 3.63) is 0 Å². The fraction of sp³-hybridized carbons (Fsp3) is 0.933. The van der Waals surface area contributed by atoms with Gasteiger partial charge < -0.3 is 9.80 Å². The van der Waals surface area contributed by atoms with Crippen molar-refractivity contribution in [2.75, 3.05) is 20.1 Å². The lowest BCUT2D eigenvalue weighted by Crippen LogP contribution is -2.43. The molecule has 1 rings (SSSR count). The lowest BCUT2D eigenvalue weighted by Gasteiger charge is -2.29. The molecule has 0 aromatic heterocycles. The second-order valence-corrected chi connectivity index (χ2v) is 6.38. The maximum absolute atomic E-state index is 12.4. The molecule has 0 saturated carbocycles. The van der Waals surface area contributed by atoms with Crippen LogP contribution in [-0.2, 0) is 4.79 Å². The molecule has 2 unspecified atom stereocenters. The highest BCUT2D eigenvalue weighted by atomic mass is 16.2. The van der Waals surface area contributed by atoms with Gasteiger partial charge in [0, 0.05) is 19.1 Å². The predicted octanol–water partition coefficient (Wildman–Crippen LogP) is 1.91. The van der Waals surface area contributed by atoms with Crippen LogP contribution in [0.2, 0.25) is 0 Å². The van der Waals surface area contributed by atoms with Gasteiger partial charge in [-0.05, 0) is 39.7 Å². The van der Waals surface area contributed by atoms with Crippen molar-refractivity contribution in [1.29, 1.82) is 0 Å². The number of nitrogens with one attached hydrogen (secondary N) is 1. The number of rotatable bonds is 7. The van der Waals surface area contributed by atoms with Gasteiger partial charge in [0.2, 0.25) is 5.91 Å². The van der Waals surface area contributed by atoms with Crippen molar-refractivity contribution in [2.45, 2.75) is 65.7 Å². The Morgan fingerprint density at radius 3 is 2.42 bits per heavy atom. The van der Waals surface area contributed by atoms with Crippen molar-refractivity contribution in [1.82, 2.24) is 15.1 Å². The first-order chi connectivity index (χ1) is 8.86. The summed E-state index contributed by atoms with van der Waals surface area (Å²) in [5.41, 5.74) is 0. The molecule has 4 nitrogen and oxygen atoms in total. The molecule has 0 radical (unpaired) electrons. The summed E-state index contributed by atoms with van der Waals surface area (Å²) in [4.78, 5) is 16.7. The lowest BCUT2D eigenvalue weighted by atomic mass is 10.1. The molecule has 1 amide bonds. The van der Waals surface area contributed by atoms with Crippen LogP contribution >= 0.6 is 0 Å². The Morgan fingerprint density at radius 1 is 1.32 bits per heavy atom. The summed E-state index contributed by atoms with van der Waals surface area (Å²) in [7, 11) is 2.12. The third-order valence-corrected chi connectivity index (χ3v) is 4.03. The molecular weight excluding hydrogens is 238 g/mol. The molecule has 0 bridgehead atoms. The zero-order valence-electron chi connectivity index (χ0n) is 13.4. The van der Waals surface area contributed by atoms with E-state index >= 15 is 0 Å². The molecule has 1 N–H and O–H groups in total. The van der Waals surface area contributed by atoms with Crippen LogP contribution in [0.3, 0.4) is 0 Å². The minimum Gasteiger partial charge on any atom is -0.325 e. The van der Waals surface area contributed by atoms with Crippen molar-refractivity contribution in [2.24, 2.45) is 5.92 Å². The Bertz CT molecular complexity index is 291. The summed E-state index contributed by atoms with van der Waals surface area (Å²) in [5, 5.41) is 3.48. The van der Waals surface area contributed by atoms with E-state index in [0.29, 0.717) is 12.0 Å². The average molecular weight is 269 g/mol. The number of hydrogen-bond acceptors (Lipinski definition) is 3. The maximum atomic E-state index is 12.4. The van der Waals surface area contributed by atoms with Gasteiger partial charge in [-0.2, -0.15) is 0 Å². The number of likely N-dealkylation sites (N-methyl/N-ethyl adjacent to an activating group) is 1. The zero-order valence-corrected chi connectivity index (χ0v) is 13.4. The molecule has 1 heterocycles. The molecule has 0 aromatic rings. The van der Waals surface area contributed by atoms with Gasteiger partial charge in [-0.25, -0.2) is 0 Å². The Balaban J connectivity index is 2.61. The fourth-order valence-electron chi connectivity index (χ4n) is 2.47. The molecule has 4 heteroatoms. The van der Waals surface area contributed by atoms with E-state index in [9.17, 15) is 4.79 Å². The van der Waals surface area contributed by atoms with E-state index in [1.807, 2.05) is 4.90 Å². The van der Waals surface area contributed by atoms with E-state index < -0.39 is 0 Å². The first-order valence-corrected chi connectivity index (χ1v) is 7.63. The van der Waals surface area contributed by atoms with E-state index in [1.54, 1.807) is 0 Å². The Labute approximate surface area is 118 Å². The monoisotopic (exact) mass is 269 g/mol. The van der Waals surface area contributed by atoms with E-state index in [2.05, 4.69) is 51.9 Å². The van der Waals surface area contributed by atoms with E-state index in [0.717, 1.165) is 25.9 Å². The molecule has 0 aromatic carbocycles. The first-order valence-electron chi connectivity index (χ1n) is 7.63. The largest absolute Gasteiger partial charge is 0.325 e. The van der Waals surface area contributed by atoms with Gasteiger partial charge in [-0.3, -0.25) is 10.1 Å². The van der Waals surface area contributed by atoms with Crippen LogP contribution in [-0.4, -0.2) is 54.1 Å². The highest BCUT2D eigenvalue weighted by Crippen LogP contribution is 2.19. The standard InChI is InChI=1S/C15H31N3O/c1-7-13-15(19)18(9-8-17(6)12(4)5)14(16-13)10-11(2)3/h11-14,16H,7-10H2,1-6H3. The molecule has 0 aliphatic carbocycles. The van der Waals surface area contributed by atoms with Gasteiger partial charge in [-0.15, -0.1) is 0 Å². The van der Waals surface area contributed by atoms with Crippen molar-refractivity contribution < 1.29 is 4.79 Å². The van der Waals surface area contributed by atoms with Gasteiger partial charge in [0.1, 0.15) is 0 Å². The van der Waals surface area contributed by atoms with Gasteiger partial charge in [-0.1, -0.05) is 20.8 Å². The van der Waals surface area contributed by atoms with E-state index in [1.165, 1.54) is 0 Å². The number of carbonyl (C=O) groups excluding carboxylic acids is 1. The third-order valence-electron chi connectivity index (χ3n) is 4.03. The highest BCUT2D eigenvalue weighted by molar-refractivity contribution is 5.84. The van der Waals surface area contributed by atoms with Gasteiger partial charge in [0.05, 0.1) is 12.2 Å². The van der Waals surface area contributed by atoms with Crippen molar-refractivity contribution >= 4 is 5.91 Å². The highest BCUT2D eigenvalue weighted by Gasteiger charge is 2.37. The van der Waals surface area contributed by atoms with Crippen LogP contribution in [0.25, 0.3) is 0 Å². The van der Waals surface area contributed by atoms with Crippen LogP contribution < -0.4 is 5.32 Å². The topological polar surface area (TPSA) is 35.6 Å². The summed E-state index contributed by atoms with van der Waals surface area (Å²) in [6.07, 6.45) is 2.13. The first kappa shape index (κ1) is 16.4. The maximum Gasteiger partial charge on any atom is 0.241 e. The van der Waals surface area contributed by atoms with E-state index in [-0.39, 0.29) is 18.1 Å². The number of nitrogens with zero attached hydrogens (tertiary/aromatic N) is 2. The number of amides is 1. The summed E-state index contributed by atoms with van der Waals surface area (Å²) in [6.45, 7) is 12.6. The van der Waals surface area contributed by atoms with Crippen LogP contribution in [0.1, 0.15) is 47.5 Å². The second kappa shape index (κ2) is 7.25. The number of carbonyl (C=O) groups is 1. The summed E-state index contributed by atoms with van der Waals surface area (Å²) < 4.78 is 0. The van der Waals surface area contributed by atoms with Crippen LogP contribution in [0.5, 0.6) is 0 Å². The molecule has 2 atom stereocenters. The minimum atomic E-state index is 0.0214. The molecule has 19 heavy (non-hydrogen) atoms. The van der Waals surface area contributed by atoms with Gasteiger partial charge in [0.25, 0.3) is 0 Å². The van der Waals surface area contributed by atoms with Crippen LogP contribution in [0.15, 0.2) is 0 Å². The molecule has 1 fully saturated rings.